The van der Waals surface area contributed by atoms with Crippen molar-refractivity contribution in [3.05, 3.63) is 26.5 Å². The molecule has 2 heterocycles. The van der Waals surface area contributed by atoms with Gasteiger partial charge in [-0.3, -0.25) is 18.7 Å². The molecule has 0 bridgehead atoms. The summed E-state index contributed by atoms with van der Waals surface area (Å²) in [6.45, 7) is 4.33. The summed E-state index contributed by atoms with van der Waals surface area (Å²) in [6, 6.07) is 0. The molecule has 2 aliphatic rings. The Labute approximate surface area is 154 Å². The molecule has 0 spiro atoms. The zero-order valence-corrected chi connectivity index (χ0v) is 16.2. The number of carbonyl (C=O) groups excluding carboxylic acids is 1. The van der Waals surface area contributed by atoms with Crippen LogP contribution in [0, 0.1) is 12.8 Å². The Balaban J connectivity index is 1.63. The molecule has 1 saturated heterocycles. The van der Waals surface area contributed by atoms with E-state index in [-0.39, 0.29) is 17.2 Å². The highest BCUT2D eigenvalue weighted by Crippen LogP contribution is 2.28. The maximum absolute atomic E-state index is 12.6. The first-order chi connectivity index (χ1) is 12.4. The number of carbonyl (C=O) groups is 1. The van der Waals surface area contributed by atoms with Crippen LogP contribution >= 0.6 is 0 Å². The van der Waals surface area contributed by atoms with E-state index in [4.69, 9.17) is 0 Å². The number of amides is 1. The zero-order valence-electron chi connectivity index (χ0n) is 16.2. The number of piperazine rings is 1. The molecule has 1 aromatic heterocycles. The molecule has 1 amide bonds. The molecule has 0 N–H and O–H groups in total. The van der Waals surface area contributed by atoms with Crippen LogP contribution in [0.25, 0.3) is 0 Å². The molecular formula is C19H30N4O3. The molecule has 0 aromatic carbocycles. The normalized spacial score (nSPS) is 18.6. The topological polar surface area (TPSA) is 67.6 Å². The summed E-state index contributed by atoms with van der Waals surface area (Å²) in [6.07, 6.45) is 6.83. The van der Waals surface area contributed by atoms with E-state index in [0.717, 1.165) is 16.9 Å². The second kappa shape index (κ2) is 7.68. The molecule has 1 aliphatic carbocycles. The van der Waals surface area contributed by atoms with Crippen LogP contribution in [0.2, 0.25) is 0 Å². The third-order valence-electron chi connectivity index (χ3n) is 6.12. The Morgan fingerprint density at radius 1 is 1.00 bits per heavy atom. The monoisotopic (exact) mass is 362 g/mol. The largest absolute Gasteiger partial charge is 0.362 e. The number of hydrogen-bond donors (Lipinski definition) is 0. The summed E-state index contributed by atoms with van der Waals surface area (Å²) in [5.74, 6) is 0.971. The van der Waals surface area contributed by atoms with Gasteiger partial charge in [-0.25, -0.2) is 4.79 Å². The van der Waals surface area contributed by atoms with E-state index in [1.807, 2.05) is 9.80 Å². The second-order valence-electron chi connectivity index (χ2n) is 7.70. The highest BCUT2D eigenvalue weighted by Gasteiger charge is 2.26. The van der Waals surface area contributed by atoms with E-state index in [9.17, 15) is 14.4 Å². The lowest BCUT2D eigenvalue weighted by molar-refractivity contribution is -0.131. The third kappa shape index (κ3) is 3.57. The van der Waals surface area contributed by atoms with Gasteiger partial charge in [0.15, 0.2) is 0 Å². The number of anilines is 1. The fourth-order valence-electron chi connectivity index (χ4n) is 4.26. The van der Waals surface area contributed by atoms with E-state index in [1.165, 1.54) is 37.3 Å². The van der Waals surface area contributed by atoms with Gasteiger partial charge in [-0.15, -0.1) is 0 Å². The van der Waals surface area contributed by atoms with Gasteiger partial charge < -0.3 is 9.80 Å². The predicted molar refractivity (Wildman–Crippen MR) is 102 cm³/mol. The molecule has 1 aliphatic heterocycles. The second-order valence-corrected chi connectivity index (χ2v) is 7.70. The first-order valence-electron chi connectivity index (χ1n) is 9.69. The molecule has 144 valence electrons. The average molecular weight is 362 g/mol. The average Bonchev–Trinajstić information content (AvgIpc) is 3.17. The van der Waals surface area contributed by atoms with Crippen molar-refractivity contribution < 1.29 is 4.79 Å². The van der Waals surface area contributed by atoms with E-state index in [0.29, 0.717) is 44.0 Å². The molecule has 2 fully saturated rings. The minimum atomic E-state index is -0.308. The fraction of sp³-hybridized carbons (Fsp3) is 0.737. The summed E-state index contributed by atoms with van der Waals surface area (Å²) in [7, 11) is 3.19. The Kier molecular flexibility index (Phi) is 5.53. The van der Waals surface area contributed by atoms with Crippen LogP contribution in [-0.2, 0) is 18.9 Å². The van der Waals surface area contributed by atoms with Gasteiger partial charge in [0.05, 0.1) is 0 Å². The van der Waals surface area contributed by atoms with E-state index in [1.54, 1.807) is 14.0 Å². The SMILES string of the molecule is Cc1c(N2CCN(C(=O)CCC3CCCC3)CC2)c(=O)n(C)c(=O)n1C. The van der Waals surface area contributed by atoms with Crippen molar-refractivity contribution in [2.24, 2.45) is 20.0 Å². The smallest absolute Gasteiger partial charge is 0.330 e. The molecule has 0 unspecified atom stereocenters. The van der Waals surface area contributed by atoms with Crippen LogP contribution in [0.5, 0.6) is 0 Å². The molecule has 7 heteroatoms. The van der Waals surface area contributed by atoms with Crippen LogP contribution in [-0.4, -0.2) is 46.1 Å². The van der Waals surface area contributed by atoms with Crippen molar-refractivity contribution in [1.82, 2.24) is 14.0 Å². The van der Waals surface area contributed by atoms with Gasteiger partial charge in [0.1, 0.15) is 5.69 Å². The van der Waals surface area contributed by atoms with Gasteiger partial charge in [-0.05, 0) is 19.3 Å². The molecule has 26 heavy (non-hydrogen) atoms. The minimum Gasteiger partial charge on any atom is -0.362 e. The van der Waals surface area contributed by atoms with Crippen molar-refractivity contribution in [3.8, 4) is 0 Å². The number of aromatic nitrogens is 2. The molecule has 0 atom stereocenters. The van der Waals surface area contributed by atoms with Gasteiger partial charge in [-0.2, -0.15) is 0 Å². The van der Waals surface area contributed by atoms with E-state index in [2.05, 4.69) is 0 Å². The Hall–Kier alpha value is -2.05. The molecule has 1 saturated carbocycles. The molecular weight excluding hydrogens is 332 g/mol. The Morgan fingerprint density at radius 2 is 1.62 bits per heavy atom. The molecule has 7 nitrogen and oxygen atoms in total. The summed E-state index contributed by atoms with van der Waals surface area (Å²) in [4.78, 5) is 41.0. The Bertz CT molecular complexity index is 781. The van der Waals surface area contributed by atoms with Gasteiger partial charge in [0, 0.05) is 52.4 Å². The van der Waals surface area contributed by atoms with Gasteiger partial charge in [0.25, 0.3) is 5.56 Å². The Morgan fingerprint density at radius 3 is 2.23 bits per heavy atom. The standard InChI is InChI=1S/C19H30N4O3/c1-14-17(18(25)21(3)19(26)20(14)2)23-12-10-22(11-13-23)16(24)9-8-15-6-4-5-7-15/h15H,4-13H2,1-3H3. The predicted octanol–water partition coefficient (Wildman–Crippen LogP) is 1.01. The molecule has 1 aromatic rings. The van der Waals surface area contributed by atoms with Crippen molar-refractivity contribution >= 4 is 11.6 Å². The van der Waals surface area contributed by atoms with Crippen molar-refractivity contribution in [1.29, 1.82) is 0 Å². The minimum absolute atomic E-state index is 0.238. The van der Waals surface area contributed by atoms with Crippen molar-refractivity contribution in [2.75, 3.05) is 31.1 Å². The number of rotatable bonds is 4. The van der Waals surface area contributed by atoms with Gasteiger partial charge in [0.2, 0.25) is 5.91 Å². The quantitative estimate of drug-likeness (QED) is 0.802. The molecule has 3 rings (SSSR count). The van der Waals surface area contributed by atoms with Crippen LogP contribution in [0.1, 0.15) is 44.2 Å². The van der Waals surface area contributed by atoms with Crippen molar-refractivity contribution in [2.45, 2.75) is 45.4 Å². The highest BCUT2D eigenvalue weighted by molar-refractivity contribution is 5.76. The number of nitrogens with zero attached hydrogens (tertiary/aromatic N) is 4. The first-order valence-corrected chi connectivity index (χ1v) is 9.69. The van der Waals surface area contributed by atoms with Gasteiger partial charge in [-0.1, -0.05) is 25.7 Å². The lowest BCUT2D eigenvalue weighted by atomic mass is 10.0. The maximum Gasteiger partial charge on any atom is 0.330 e. The maximum atomic E-state index is 12.6. The van der Waals surface area contributed by atoms with E-state index < -0.39 is 0 Å². The summed E-state index contributed by atoms with van der Waals surface area (Å²) >= 11 is 0. The van der Waals surface area contributed by atoms with Crippen LogP contribution in [0.15, 0.2) is 9.59 Å². The van der Waals surface area contributed by atoms with Gasteiger partial charge >= 0.3 is 5.69 Å². The lowest BCUT2D eigenvalue weighted by Gasteiger charge is -2.36. The zero-order chi connectivity index (χ0) is 18.8. The van der Waals surface area contributed by atoms with Crippen LogP contribution in [0.4, 0.5) is 5.69 Å². The van der Waals surface area contributed by atoms with Crippen LogP contribution in [0.3, 0.4) is 0 Å². The summed E-state index contributed by atoms with van der Waals surface area (Å²) in [5.41, 5.74) is 0.690. The van der Waals surface area contributed by atoms with Crippen molar-refractivity contribution in [3.63, 3.8) is 0 Å². The highest BCUT2D eigenvalue weighted by atomic mass is 16.2. The third-order valence-corrected chi connectivity index (χ3v) is 6.12. The first kappa shape index (κ1) is 18.7. The fourth-order valence-corrected chi connectivity index (χ4v) is 4.26. The lowest BCUT2D eigenvalue weighted by Crippen LogP contribution is -2.52. The van der Waals surface area contributed by atoms with Crippen LogP contribution < -0.4 is 16.1 Å². The molecule has 0 radical (unpaired) electrons. The summed E-state index contributed by atoms with van der Waals surface area (Å²) < 4.78 is 2.66. The summed E-state index contributed by atoms with van der Waals surface area (Å²) in [5, 5.41) is 0. The van der Waals surface area contributed by atoms with E-state index >= 15 is 0 Å². The number of hydrogen-bond acceptors (Lipinski definition) is 4.